The second kappa shape index (κ2) is 8.26. The van der Waals surface area contributed by atoms with Crippen molar-refractivity contribution >= 4 is 35.6 Å². The zero-order valence-corrected chi connectivity index (χ0v) is 14.1. The van der Waals surface area contributed by atoms with Gasteiger partial charge in [-0.2, -0.15) is 10.2 Å². The van der Waals surface area contributed by atoms with Crippen molar-refractivity contribution < 1.29 is 19.9 Å². The van der Waals surface area contributed by atoms with E-state index < -0.39 is 7.12 Å². The SMILES string of the molecule is O=C(Nc1ccc(B(O)O)cc1)c1ccc(N=Nc2ccc(O)cc2)cc1. The van der Waals surface area contributed by atoms with Crippen LogP contribution in [0.2, 0.25) is 0 Å². The molecule has 0 bridgehead atoms. The Kier molecular flexibility index (Phi) is 5.60. The van der Waals surface area contributed by atoms with Gasteiger partial charge in [-0.15, -0.1) is 0 Å². The summed E-state index contributed by atoms with van der Waals surface area (Å²) in [7, 11) is -1.54. The zero-order chi connectivity index (χ0) is 19.2. The van der Waals surface area contributed by atoms with Crippen molar-refractivity contribution in [3.8, 4) is 5.75 Å². The molecule has 3 aromatic carbocycles. The smallest absolute Gasteiger partial charge is 0.488 e. The fourth-order valence-corrected chi connectivity index (χ4v) is 2.26. The molecule has 1 amide bonds. The van der Waals surface area contributed by atoms with E-state index >= 15 is 0 Å². The van der Waals surface area contributed by atoms with Crippen LogP contribution in [0.25, 0.3) is 0 Å². The number of azo groups is 1. The molecule has 0 fully saturated rings. The quantitative estimate of drug-likeness (QED) is 0.413. The predicted octanol–water partition coefficient (Wildman–Crippen LogP) is 2.74. The Balaban J connectivity index is 1.63. The third kappa shape index (κ3) is 5.00. The molecule has 4 N–H and O–H groups in total. The Morgan fingerprint density at radius 1 is 0.778 bits per heavy atom. The highest BCUT2D eigenvalue weighted by Crippen LogP contribution is 2.21. The van der Waals surface area contributed by atoms with Gasteiger partial charge in [-0.1, -0.05) is 12.1 Å². The maximum absolute atomic E-state index is 12.3. The predicted molar refractivity (Wildman–Crippen MR) is 103 cm³/mol. The minimum atomic E-state index is -1.54. The molecule has 3 rings (SSSR count). The average Bonchev–Trinajstić information content (AvgIpc) is 2.68. The number of rotatable bonds is 5. The van der Waals surface area contributed by atoms with Gasteiger partial charge < -0.3 is 20.5 Å². The van der Waals surface area contributed by atoms with Gasteiger partial charge in [0.05, 0.1) is 11.4 Å². The molecule has 0 aliphatic heterocycles. The molecule has 134 valence electrons. The maximum Gasteiger partial charge on any atom is 0.488 e. The van der Waals surface area contributed by atoms with Gasteiger partial charge in [0.1, 0.15) is 5.75 Å². The van der Waals surface area contributed by atoms with E-state index in [0.29, 0.717) is 28.1 Å². The first-order valence-electron chi connectivity index (χ1n) is 8.09. The van der Waals surface area contributed by atoms with E-state index in [-0.39, 0.29) is 11.7 Å². The van der Waals surface area contributed by atoms with Crippen molar-refractivity contribution in [2.45, 2.75) is 0 Å². The Hall–Kier alpha value is -3.49. The van der Waals surface area contributed by atoms with E-state index in [1.54, 1.807) is 48.5 Å². The number of carbonyl (C=O) groups excluding carboxylic acids is 1. The maximum atomic E-state index is 12.3. The van der Waals surface area contributed by atoms with E-state index in [1.807, 2.05) is 0 Å². The lowest BCUT2D eigenvalue weighted by Crippen LogP contribution is -2.29. The second-order valence-electron chi connectivity index (χ2n) is 5.71. The fourth-order valence-electron chi connectivity index (χ4n) is 2.26. The minimum Gasteiger partial charge on any atom is -0.508 e. The first kappa shape index (κ1) is 18.3. The number of anilines is 1. The Labute approximate surface area is 155 Å². The summed E-state index contributed by atoms with van der Waals surface area (Å²) in [6.45, 7) is 0. The Morgan fingerprint density at radius 2 is 1.30 bits per heavy atom. The van der Waals surface area contributed by atoms with Crippen molar-refractivity contribution in [1.29, 1.82) is 0 Å². The molecule has 0 heterocycles. The summed E-state index contributed by atoms with van der Waals surface area (Å²) in [6.07, 6.45) is 0. The second-order valence-corrected chi connectivity index (χ2v) is 5.71. The molecule has 0 saturated heterocycles. The van der Waals surface area contributed by atoms with Gasteiger partial charge in [0.25, 0.3) is 5.91 Å². The Morgan fingerprint density at radius 3 is 1.81 bits per heavy atom. The number of nitrogens with zero attached hydrogens (tertiary/aromatic N) is 2. The Bertz CT molecular complexity index is 940. The molecular formula is C19H16BN3O4. The number of phenolic OH excluding ortho intramolecular Hbond substituents is 1. The average molecular weight is 361 g/mol. The summed E-state index contributed by atoms with van der Waals surface area (Å²) in [5, 5.41) is 38.2. The van der Waals surface area contributed by atoms with Crippen LogP contribution in [0.3, 0.4) is 0 Å². The first-order valence-corrected chi connectivity index (χ1v) is 8.09. The molecule has 8 heteroatoms. The molecule has 0 atom stereocenters. The van der Waals surface area contributed by atoms with Gasteiger partial charge in [-0.25, -0.2) is 0 Å². The molecule has 0 unspecified atom stereocenters. The van der Waals surface area contributed by atoms with Crippen molar-refractivity contribution in [2.75, 3.05) is 5.32 Å². The molecule has 3 aromatic rings. The number of carbonyl (C=O) groups is 1. The van der Waals surface area contributed by atoms with Gasteiger partial charge in [-0.3, -0.25) is 4.79 Å². The van der Waals surface area contributed by atoms with Crippen LogP contribution in [0.15, 0.2) is 83.0 Å². The number of nitrogens with one attached hydrogen (secondary N) is 1. The largest absolute Gasteiger partial charge is 0.508 e. The number of hydrogen-bond acceptors (Lipinski definition) is 6. The lowest BCUT2D eigenvalue weighted by Gasteiger charge is -2.06. The highest BCUT2D eigenvalue weighted by Gasteiger charge is 2.11. The normalized spacial score (nSPS) is 10.7. The van der Waals surface area contributed by atoms with Gasteiger partial charge in [0.15, 0.2) is 0 Å². The number of aromatic hydroxyl groups is 1. The number of amides is 1. The molecule has 0 aliphatic carbocycles. The zero-order valence-electron chi connectivity index (χ0n) is 14.1. The van der Waals surface area contributed by atoms with E-state index in [4.69, 9.17) is 10.0 Å². The lowest BCUT2D eigenvalue weighted by molar-refractivity contribution is 0.102. The highest BCUT2D eigenvalue weighted by molar-refractivity contribution is 6.58. The lowest BCUT2D eigenvalue weighted by atomic mass is 9.80. The standard InChI is InChI=1S/C19H16BN3O4/c24-18-11-9-17(10-12-18)23-22-16-5-1-13(2-6-16)19(25)21-15-7-3-14(4-8-15)20(26)27/h1-12,24,26-27H,(H,21,25). The summed E-state index contributed by atoms with van der Waals surface area (Å²) in [4.78, 5) is 12.3. The third-order valence-corrected chi connectivity index (χ3v) is 3.73. The summed E-state index contributed by atoms with van der Waals surface area (Å²) in [6, 6.07) is 19.2. The molecule has 0 aliphatic rings. The summed E-state index contributed by atoms with van der Waals surface area (Å²) in [5.74, 6) is -0.138. The number of benzene rings is 3. The molecule has 0 saturated carbocycles. The topological polar surface area (TPSA) is 115 Å². The van der Waals surface area contributed by atoms with Crippen LogP contribution in [0.5, 0.6) is 5.75 Å². The van der Waals surface area contributed by atoms with Crippen molar-refractivity contribution in [3.05, 3.63) is 78.4 Å². The van der Waals surface area contributed by atoms with Crippen LogP contribution in [-0.4, -0.2) is 28.2 Å². The van der Waals surface area contributed by atoms with E-state index in [1.165, 1.54) is 24.3 Å². The van der Waals surface area contributed by atoms with Gasteiger partial charge in [0.2, 0.25) is 0 Å². The molecule has 0 radical (unpaired) electrons. The van der Waals surface area contributed by atoms with Crippen molar-refractivity contribution in [3.63, 3.8) is 0 Å². The number of phenols is 1. The van der Waals surface area contributed by atoms with E-state index in [0.717, 1.165) is 0 Å². The van der Waals surface area contributed by atoms with E-state index in [9.17, 15) is 9.90 Å². The fraction of sp³-hybridized carbons (Fsp3) is 0. The monoisotopic (exact) mass is 361 g/mol. The van der Waals surface area contributed by atoms with Gasteiger partial charge >= 0.3 is 7.12 Å². The highest BCUT2D eigenvalue weighted by atomic mass is 16.4. The van der Waals surface area contributed by atoms with Crippen LogP contribution >= 0.6 is 0 Å². The minimum absolute atomic E-state index is 0.159. The molecule has 27 heavy (non-hydrogen) atoms. The first-order chi connectivity index (χ1) is 13.0. The van der Waals surface area contributed by atoms with Crippen molar-refractivity contribution in [1.82, 2.24) is 0 Å². The molecular weight excluding hydrogens is 345 g/mol. The summed E-state index contributed by atoms with van der Waals surface area (Å²) in [5.41, 5.74) is 2.52. The van der Waals surface area contributed by atoms with Crippen LogP contribution in [0.4, 0.5) is 17.1 Å². The van der Waals surface area contributed by atoms with E-state index in [2.05, 4.69) is 15.5 Å². The van der Waals surface area contributed by atoms with Crippen LogP contribution in [0.1, 0.15) is 10.4 Å². The van der Waals surface area contributed by atoms with Gasteiger partial charge in [0, 0.05) is 11.3 Å². The van der Waals surface area contributed by atoms with Crippen LogP contribution in [0, 0.1) is 0 Å². The third-order valence-electron chi connectivity index (χ3n) is 3.73. The summed E-state index contributed by atoms with van der Waals surface area (Å²) < 4.78 is 0. The van der Waals surface area contributed by atoms with Crippen LogP contribution in [-0.2, 0) is 0 Å². The van der Waals surface area contributed by atoms with Gasteiger partial charge in [-0.05, 0) is 66.1 Å². The molecule has 0 spiro atoms. The molecule has 0 aromatic heterocycles. The summed E-state index contributed by atoms with van der Waals surface area (Å²) >= 11 is 0. The number of hydrogen-bond donors (Lipinski definition) is 4. The molecule has 7 nitrogen and oxygen atoms in total. The van der Waals surface area contributed by atoms with Crippen molar-refractivity contribution in [2.24, 2.45) is 10.2 Å². The van der Waals surface area contributed by atoms with Crippen LogP contribution < -0.4 is 10.8 Å².